The summed E-state index contributed by atoms with van der Waals surface area (Å²) in [4.78, 5) is 94.8. The Morgan fingerprint density at radius 1 is 0.836 bits per heavy atom. The van der Waals surface area contributed by atoms with Crippen molar-refractivity contribution in [2.24, 2.45) is 23.5 Å². The van der Waals surface area contributed by atoms with Gasteiger partial charge in [-0.1, -0.05) is 52.4 Å². The lowest BCUT2D eigenvalue weighted by atomic mass is 9.76. The SMILES string of the molecule is CCCCC(NC(=O)CCC(=O)C(=O)C(CCC)CC(=O)[C@@H]1C[C@@H](OC(C)(C)C)CN1C(=O)C(CC(=O)Cc1cc(C(F)(F)F)cc(C(F)(F)F)c1)C1CCCCC1)C(N)=O. The standard InChI is InChI=1S/C44H61F6N3O8/c1-6-8-15-34(40(51)59)52-38(57)17-16-36(55)39(58)28(12-7-2)21-37(56)35-24-32(61-42(3,4)5)25-53(35)41(60)33(27-13-10-9-11-14-27)23-31(54)20-26-18-29(43(45,46)47)22-30(19-26)44(48,49)50/h18-19,22,27-28,32-35H,6-17,20-21,23-25H2,1-5H3,(H2,51,59)(H,52,57)/t28?,32-,33?,34?,35+/m1/s1. The van der Waals surface area contributed by atoms with Crippen molar-refractivity contribution in [1.82, 2.24) is 10.2 Å². The first-order chi connectivity index (χ1) is 28.3. The van der Waals surface area contributed by atoms with Gasteiger partial charge in [-0.05, 0) is 76.1 Å². The maximum absolute atomic E-state index is 14.7. The average Bonchev–Trinajstić information content (AvgIpc) is 3.58. The number of carbonyl (C=O) groups excluding carboxylic acids is 7. The fraction of sp³-hybridized carbons (Fsp3) is 0.705. The third-order valence-corrected chi connectivity index (χ3v) is 11.3. The van der Waals surface area contributed by atoms with Crippen LogP contribution in [0.5, 0.6) is 0 Å². The van der Waals surface area contributed by atoms with Crippen LogP contribution in [-0.2, 0) is 57.1 Å². The summed E-state index contributed by atoms with van der Waals surface area (Å²) in [5, 5.41) is 2.49. The van der Waals surface area contributed by atoms with E-state index in [9.17, 15) is 59.9 Å². The number of primary amides is 1. The second kappa shape index (κ2) is 22.3. The Kier molecular flexibility index (Phi) is 18.7. The summed E-state index contributed by atoms with van der Waals surface area (Å²) in [5.74, 6) is -7.41. The molecule has 5 atom stereocenters. The number of unbranched alkanes of at least 4 members (excludes halogenated alkanes) is 1. The zero-order valence-electron chi connectivity index (χ0n) is 35.8. The number of amides is 3. The molecule has 3 unspecified atom stereocenters. The number of ether oxygens (including phenoxy) is 1. The van der Waals surface area contributed by atoms with Crippen molar-refractivity contribution in [3.63, 3.8) is 0 Å². The van der Waals surface area contributed by atoms with Crippen LogP contribution in [0.15, 0.2) is 18.2 Å². The van der Waals surface area contributed by atoms with Crippen LogP contribution in [0.25, 0.3) is 0 Å². The number of alkyl halides is 6. The topological polar surface area (TPSA) is 170 Å². The number of likely N-dealkylation sites (tertiary alicyclic amines) is 1. The molecule has 3 N–H and O–H groups in total. The van der Waals surface area contributed by atoms with E-state index in [0.29, 0.717) is 44.2 Å². The fourth-order valence-electron chi connectivity index (χ4n) is 8.39. The lowest BCUT2D eigenvalue weighted by Crippen LogP contribution is -2.47. The van der Waals surface area contributed by atoms with Gasteiger partial charge in [-0.25, -0.2) is 0 Å². The molecule has 1 heterocycles. The lowest BCUT2D eigenvalue weighted by molar-refractivity contribution is -0.146. The molecule has 1 aliphatic carbocycles. The van der Waals surface area contributed by atoms with Gasteiger partial charge in [0, 0.05) is 56.9 Å². The Bertz CT molecular complexity index is 1700. The minimum atomic E-state index is -5.11. The smallest absolute Gasteiger partial charge is 0.371 e. The van der Waals surface area contributed by atoms with Gasteiger partial charge in [-0.3, -0.25) is 33.6 Å². The number of nitrogens with one attached hydrogen (secondary N) is 1. The average molecular weight is 874 g/mol. The molecular formula is C44H61F6N3O8. The maximum atomic E-state index is 14.7. The van der Waals surface area contributed by atoms with E-state index in [1.54, 1.807) is 27.7 Å². The van der Waals surface area contributed by atoms with Gasteiger partial charge in [0.1, 0.15) is 11.8 Å². The number of halogens is 6. The van der Waals surface area contributed by atoms with Crippen molar-refractivity contribution >= 4 is 40.9 Å². The van der Waals surface area contributed by atoms with Gasteiger partial charge in [0.05, 0.1) is 28.9 Å². The number of nitrogens with zero attached hydrogens (tertiary/aromatic N) is 1. The number of hydrogen-bond acceptors (Lipinski definition) is 8. The number of nitrogens with two attached hydrogens (primary N) is 1. The zero-order chi connectivity index (χ0) is 45.9. The van der Waals surface area contributed by atoms with Crippen LogP contribution < -0.4 is 11.1 Å². The molecule has 2 fully saturated rings. The van der Waals surface area contributed by atoms with E-state index < -0.39 is 131 Å². The van der Waals surface area contributed by atoms with Crippen LogP contribution in [0.2, 0.25) is 0 Å². The molecule has 1 saturated heterocycles. The van der Waals surface area contributed by atoms with Gasteiger partial charge in [0.2, 0.25) is 23.5 Å². The summed E-state index contributed by atoms with van der Waals surface area (Å²) in [6.45, 7) is 8.97. The molecule has 342 valence electrons. The van der Waals surface area contributed by atoms with E-state index in [2.05, 4.69) is 5.32 Å². The highest BCUT2D eigenvalue weighted by atomic mass is 19.4. The highest BCUT2D eigenvalue weighted by Crippen LogP contribution is 2.39. The van der Waals surface area contributed by atoms with Crippen molar-refractivity contribution in [2.45, 2.75) is 173 Å². The van der Waals surface area contributed by atoms with E-state index in [1.807, 2.05) is 6.92 Å². The molecule has 11 nitrogen and oxygen atoms in total. The van der Waals surface area contributed by atoms with Crippen molar-refractivity contribution in [1.29, 1.82) is 0 Å². The van der Waals surface area contributed by atoms with Gasteiger partial charge >= 0.3 is 12.4 Å². The second-order valence-electron chi connectivity index (χ2n) is 17.5. The maximum Gasteiger partial charge on any atom is 0.416 e. The molecule has 1 aromatic carbocycles. The number of hydrogen-bond donors (Lipinski definition) is 2. The van der Waals surface area contributed by atoms with Gasteiger partial charge in [0.15, 0.2) is 11.6 Å². The summed E-state index contributed by atoms with van der Waals surface area (Å²) in [7, 11) is 0. The number of Topliss-reactive ketones (excluding diaryl/α,β-unsaturated/α-hetero) is 4. The molecule has 0 bridgehead atoms. The van der Waals surface area contributed by atoms with Crippen molar-refractivity contribution in [3.05, 3.63) is 34.9 Å². The molecule has 3 amide bonds. The Morgan fingerprint density at radius 3 is 1.97 bits per heavy atom. The summed E-state index contributed by atoms with van der Waals surface area (Å²) in [6.07, 6.45) is -7.71. The van der Waals surface area contributed by atoms with Gasteiger partial charge < -0.3 is 20.7 Å². The largest absolute Gasteiger partial charge is 0.416 e. The van der Waals surface area contributed by atoms with E-state index in [-0.39, 0.29) is 37.8 Å². The highest BCUT2D eigenvalue weighted by molar-refractivity contribution is 6.38. The van der Waals surface area contributed by atoms with E-state index in [1.165, 1.54) is 4.90 Å². The molecular weight excluding hydrogens is 812 g/mol. The summed E-state index contributed by atoms with van der Waals surface area (Å²) in [5.41, 5.74) is 1.06. The Morgan fingerprint density at radius 2 is 1.44 bits per heavy atom. The number of carbonyl (C=O) groups is 7. The van der Waals surface area contributed by atoms with Crippen LogP contribution in [0.3, 0.4) is 0 Å². The van der Waals surface area contributed by atoms with E-state index >= 15 is 0 Å². The first kappa shape index (κ1) is 51.2. The summed E-state index contributed by atoms with van der Waals surface area (Å²) >= 11 is 0. The Hall–Kier alpha value is -4.15. The highest BCUT2D eigenvalue weighted by Gasteiger charge is 2.46. The molecule has 1 aromatic rings. The molecule has 61 heavy (non-hydrogen) atoms. The van der Waals surface area contributed by atoms with E-state index in [0.717, 1.165) is 25.7 Å². The van der Waals surface area contributed by atoms with Crippen molar-refractivity contribution < 1.29 is 64.6 Å². The predicted molar refractivity (Wildman–Crippen MR) is 213 cm³/mol. The van der Waals surface area contributed by atoms with Crippen LogP contribution in [0.4, 0.5) is 26.3 Å². The Labute approximate surface area is 353 Å². The molecule has 1 saturated carbocycles. The molecule has 0 aromatic heterocycles. The van der Waals surface area contributed by atoms with Crippen molar-refractivity contribution in [3.8, 4) is 0 Å². The molecule has 0 radical (unpaired) electrons. The van der Waals surface area contributed by atoms with Crippen LogP contribution in [0.1, 0.15) is 148 Å². The van der Waals surface area contributed by atoms with Gasteiger partial charge in [-0.2, -0.15) is 26.3 Å². The number of ketones is 4. The van der Waals surface area contributed by atoms with E-state index in [4.69, 9.17) is 10.5 Å². The third kappa shape index (κ3) is 15.9. The van der Waals surface area contributed by atoms with Gasteiger partial charge in [-0.15, -0.1) is 0 Å². The zero-order valence-corrected chi connectivity index (χ0v) is 35.8. The monoisotopic (exact) mass is 873 g/mol. The summed E-state index contributed by atoms with van der Waals surface area (Å²) < 4.78 is 87.8. The first-order valence-electron chi connectivity index (χ1n) is 21.3. The minimum Gasteiger partial charge on any atom is -0.371 e. The minimum absolute atomic E-state index is 0.0197. The normalized spacial score (nSPS) is 19.2. The van der Waals surface area contributed by atoms with Crippen LogP contribution in [-0.4, -0.2) is 76.1 Å². The predicted octanol–water partition coefficient (Wildman–Crippen LogP) is 7.66. The van der Waals surface area contributed by atoms with Crippen LogP contribution in [0, 0.1) is 17.8 Å². The first-order valence-corrected chi connectivity index (χ1v) is 21.3. The number of rotatable bonds is 22. The molecule has 0 spiro atoms. The molecule has 3 rings (SSSR count). The van der Waals surface area contributed by atoms with Gasteiger partial charge in [0.25, 0.3) is 0 Å². The lowest BCUT2D eigenvalue weighted by Gasteiger charge is -2.34. The molecule has 2 aliphatic rings. The van der Waals surface area contributed by atoms with Crippen molar-refractivity contribution in [2.75, 3.05) is 6.54 Å². The Balaban J connectivity index is 1.87. The fourth-order valence-corrected chi connectivity index (χ4v) is 8.39. The second-order valence-corrected chi connectivity index (χ2v) is 17.5. The third-order valence-electron chi connectivity index (χ3n) is 11.3. The molecule has 1 aliphatic heterocycles. The summed E-state index contributed by atoms with van der Waals surface area (Å²) in [6, 6.07) is -1.08. The van der Waals surface area contributed by atoms with Crippen LogP contribution >= 0.6 is 0 Å². The molecule has 17 heteroatoms. The number of benzene rings is 1. The quantitative estimate of drug-likeness (QED) is 0.0884.